The van der Waals surface area contributed by atoms with Crippen molar-refractivity contribution >= 4 is 0 Å². The smallest absolute Gasteiger partial charge is 0.240 e. The highest BCUT2D eigenvalue weighted by Gasteiger charge is 2.15. The summed E-state index contributed by atoms with van der Waals surface area (Å²) in [5.74, 6) is 1.32. The van der Waals surface area contributed by atoms with E-state index in [1.165, 1.54) is 5.56 Å². The van der Waals surface area contributed by atoms with Crippen LogP contribution in [0.5, 0.6) is 0 Å². The van der Waals surface area contributed by atoms with Crippen molar-refractivity contribution in [3.8, 4) is 0 Å². The van der Waals surface area contributed by atoms with Crippen LogP contribution in [0.4, 0.5) is 0 Å². The Morgan fingerprint density at radius 3 is 2.74 bits per heavy atom. The van der Waals surface area contributed by atoms with E-state index in [0.717, 1.165) is 0 Å². The molecule has 0 saturated heterocycles. The minimum Gasteiger partial charge on any atom is -0.338 e. The Balaban J connectivity index is 1.53. The number of hydrogen-bond acceptors (Lipinski definition) is 5. The number of aromatic nitrogens is 4. The second-order valence-corrected chi connectivity index (χ2v) is 5.66. The molecule has 0 saturated carbocycles. The van der Waals surface area contributed by atoms with E-state index in [1.54, 1.807) is 6.20 Å². The van der Waals surface area contributed by atoms with E-state index in [4.69, 9.17) is 4.52 Å². The topological polar surface area (TPSA) is 68.8 Å². The van der Waals surface area contributed by atoms with Crippen LogP contribution in [0.15, 0.2) is 53.3 Å². The minimum atomic E-state index is 0.236. The van der Waals surface area contributed by atoms with Crippen molar-refractivity contribution in [3.63, 3.8) is 0 Å². The van der Waals surface area contributed by atoms with Crippen LogP contribution >= 0.6 is 0 Å². The zero-order valence-electron chi connectivity index (χ0n) is 13.4. The first-order valence-corrected chi connectivity index (χ1v) is 7.80. The quantitative estimate of drug-likeness (QED) is 0.726. The Bertz CT molecular complexity index is 708. The molecule has 2 heterocycles. The Kier molecular flexibility index (Phi) is 4.83. The molecule has 0 spiro atoms. The summed E-state index contributed by atoms with van der Waals surface area (Å²) in [7, 11) is 0. The van der Waals surface area contributed by atoms with Crippen LogP contribution in [-0.4, -0.2) is 26.0 Å². The van der Waals surface area contributed by atoms with Crippen molar-refractivity contribution in [1.29, 1.82) is 0 Å². The molecule has 0 amide bonds. The van der Waals surface area contributed by atoms with Crippen molar-refractivity contribution in [2.75, 3.05) is 0 Å². The minimum absolute atomic E-state index is 0.236. The van der Waals surface area contributed by atoms with Gasteiger partial charge in [0.15, 0.2) is 5.82 Å². The molecule has 0 fully saturated rings. The van der Waals surface area contributed by atoms with E-state index < -0.39 is 0 Å². The lowest BCUT2D eigenvalue weighted by Gasteiger charge is -2.20. The average molecular weight is 311 g/mol. The maximum atomic E-state index is 5.31. The van der Waals surface area contributed by atoms with Crippen molar-refractivity contribution in [2.45, 2.75) is 38.9 Å². The normalized spacial score (nSPS) is 13.8. The van der Waals surface area contributed by atoms with E-state index in [2.05, 4.69) is 46.5 Å². The molecule has 6 nitrogen and oxygen atoms in total. The molecule has 1 aromatic carbocycles. The molecule has 0 aliphatic heterocycles. The van der Waals surface area contributed by atoms with Crippen LogP contribution in [0.2, 0.25) is 0 Å². The Morgan fingerprint density at radius 1 is 1.17 bits per heavy atom. The number of nitrogens with zero attached hydrogens (tertiary/aromatic N) is 4. The Labute approximate surface area is 135 Å². The summed E-state index contributed by atoms with van der Waals surface area (Å²) in [6.07, 6.45) is 4.44. The van der Waals surface area contributed by atoms with Gasteiger partial charge in [-0.2, -0.15) is 10.1 Å². The number of nitrogens with one attached hydrogen (secondary N) is 1. The SMILES string of the molecule is CC(NCc1nc(Cc2ccccc2)no1)C(C)n1cccn1. The van der Waals surface area contributed by atoms with Crippen LogP contribution < -0.4 is 5.32 Å². The van der Waals surface area contributed by atoms with Gasteiger partial charge in [0.25, 0.3) is 0 Å². The average Bonchev–Trinajstić information content (AvgIpc) is 3.25. The molecule has 23 heavy (non-hydrogen) atoms. The fourth-order valence-electron chi connectivity index (χ4n) is 2.38. The van der Waals surface area contributed by atoms with Gasteiger partial charge in [0, 0.05) is 24.9 Å². The third-order valence-corrected chi connectivity index (χ3v) is 3.96. The lowest BCUT2D eigenvalue weighted by molar-refractivity contribution is 0.324. The summed E-state index contributed by atoms with van der Waals surface area (Å²) >= 11 is 0. The van der Waals surface area contributed by atoms with Crippen LogP contribution in [-0.2, 0) is 13.0 Å². The molecule has 6 heteroatoms. The molecule has 0 radical (unpaired) electrons. The predicted octanol–water partition coefficient (Wildman–Crippen LogP) is 2.60. The second kappa shape index (κ2) is 7.19. The molecule has 2 aromatic heterocycles. The van der Waals surface area contributed by atoms with Gasteiger partial charge in [-0.05, 0) is 25.5 Å². The van der Waals surface area contributed by atoms with Crippen LogP contribution in [0, 0.1) is 0 Å². The summed E-state index contributed by atoms with van der Waals surface area (Å²) in [5.41, 5.74) is 1.17. The first-order valence-electron chi connectivity index (χ1n) is 7.80. The van der Waals surface area contributed by atoms with Crippen LogP contribution in [0.25, 0.3) is 0 Å². The first kappa shape index (κ1) is 15.4. The third-order valence-electron chi connectivity index (χ3n) is 3.96. The fraction of sp³-hybridized carbons (Fsp3) is 0.353. The molecule has 2 unspecified atom stereocenters. The van der Waals surface area contributed by atoms with Gasteiger partial charge in [-0.15, -0.1) is 0 Å². The Morgan fingerprint density at radius 2 is 2.00 bits per heavy atom. The monoisotopic (exact) mass is 311 g/mol. The predicted molar refractivity (Wildman–Crippen MR) is 86.8 cm³/mol. The summed E-state index contributed by atoms with van der Waals surface area (Å²) in [6, 6.07) is 12.5. The van der Waals surface area contributed by atoms with Gasteiger partial charge in [0.05, 0.1) is 12.6 Å². The molecule has 0 aliphatic rings. The summed E-state index contributed by atoms with van der Waals surface area (Å²) in [6.45, 7) is 4.79. The third kappa shape index (κ3) is 4.04. The van der Waals surface area contributed by atoms with Gasteiger partial charge in [0.2, 0.25) is 5.89 Å². The van der Waals surface area contributed by atoms with E-state index >= 15 is 0 Å². The molecular weight excluding hydrogens is 290 g/mol. The zero-order valence-corrected chi connectivity index (χ0v) is 13.4. The second-order valence-electron chi connectivity index (χ2n) is 5.66. The van der Waals surface area contributed by atoms with Crippen LogP contribution in [0.3, 0.4) is 0 Å². The summed E-state index contributed by atoms with van der Waals surface area (Å²) in [4.78, 5) is 4.44. The van der Waals surface area contributed by atoms with Crippen molar-refractivity contribution in [2.24, 2.45) is 0 Å². The molecule has 0 aliphatic carbocycles. The molecule has 1 N–H and O–H groups in total. The zero-order chi connectivity index (χ0) is 16.1. The van der Waals surface area contributed by atoms with Gasteiger partial charge < -0.3 is 9.84 Å². The van der Waals surface area contributed by atoms with E-state index in [-0.39, 0.29) is 12.1 Å². The summed E-state index contributed by atoms with van der Waals surface area (Å²) in [5, 5.41) is 11.7. The molecular formula is C17H21N5O. The highest BCUT2D eigenvalue weighted by Crippen LogP contribution is 2.10. The standard InChI is InChI=1S/C17H21N5O/c1-13(14(2)22-10-6-9-19-22)18-12-17-20-16(21-23-17)11-15-7-4-3-5-8-15/h3-10,13-14,18H,11-12H2,1-2H3. The lowest BCUT2D eigenvalue weighted by Crippen LogP contribution is -2.33. The molecule has 120 valence electrons. The van der Waals surface area contributed by atoms with Crippen molar-refractivity contribution in [3.05, 3.63) is 66.1 Å². The highest BCUT2D eigenvalue weighted by atomic mass is 16.5. The van der Waals surface area contributed by atoms with Crippen molar-refractivity contribution < 1.29 is 4.52 Å². The fourth-order valence-corrected chi connectivity index (χ4v) is 2.38. The highest BCUT2D eigenvalue weighted by molar-refractivity contribution is 5.18. The molecule has 3 rings (SSSR count). The largest absolute Gasteiger partial charge is 0.338 e. The van der Waals surface area contributed by atoms with Gasteiger partial charge in [0.1, 0.15) is 0 Å². The molecule has 2 atom stereocenters. The van der Waals surface area contributed by atoms with Crippen LogP contribution in [0.1, 0.15) is 37.2 Å². The van der Waals surface area contributed by atoms with E-state index in [1.807, 2.05) is 35.1 Å². The van der Waals surface area contributed by atoms with E-state index in [9.17, 15) is 0 Å². The van der Waals surface area contributed by atoms with Gasteiger partial charge >= 0.3 is 0 Å². The van der Waals surface area contributed by atoms with Crippen molar-refractivity contribution in [1.82, 2.24) is 25.2 Å². The first-order chi connectivity index (χ1) is 11.2. The maximum Gasteiger partial charge on any atom is 0.240 e. The van der Waals surface area contributed by atoms with Gasteiger partial charge in [-0.3, -0.25) is 4.68 Å². The number of hydrogen-bond donors (Lipinski definition) is 1. The summed E-state index contributed by atoms with van der Waals surface area (Å²) < 4.78 is 7.25. The number of rotatable bonds is 7. The number of benzene rings is 1. The van der Waals surface area contributed by atoms with Gasteiger partial charge in [-0.1, -0.05) is 35.5 Å². The van der Waals surface area contributed by atoms with E-state index in [0.29, 0.717) is 24.7 Å². The Hall–Kier alpha value is -2.47. The maximum absolute atomic E-state index is 5.31. The van der Waals surface area contributed by atoms with Gasteiger partial charge in [-0.25, -0.2) is 0 Å². The molecule has 0 bridgehead atoms. The lowest BCUT2D eigenvalue weighted by atomic mass is 10.1. The molecule has 3 aromatic rings.